The first-order valence-corrected chi connectivity index (χ1v) is 6.54. The van der Waals surface area contributed by atoms with Crippen LogP contribution in [0.5, 0.6) is 0 Å². The van der Waals surface area contributed by atoms with Crippen LogP contribution in [0.3, 0.4) is 0 Å². The summed E-state index contributed by atoms with van der Waals surface area (Å²) in [5.41, 5.74) is 6.56. The third-order valence-corrected chi connectivity index (χ3v) is 4.33. The quantitative estimate of drug-likeness (QED) is 0.776. The molecule has 1 unspecified atom stereocenters. The standard InChI is InChI=1S/C13H28N2/c1-5-8-13(4,6-2)15-9-7-11(3)12(14)10-15/h11-12H,5-10,14H2,1-4H3/t11-,12+,13?/m1/s1. The predicted molar refractivity (Wildman–Crippen MR) is 66.9 cm³/mol. The zero-order chi connectivity index (χ0) is 11.5. The summed E-state index contributed by atoms with van der Waals surface area (Å²) in [7, 11) is 0. The molecule has 0 aromatic heterocycles. The maximum atomic E-state index is 6.17. The first-order chi connectivity index (χ1) is 7.03. The van der Waals surface area contributed by atoms with Crippen LogP contribution in [0.4, 0.5) is 0 Å². The molecule has 1 rings (SSSR count). The summed E-state index contributed by atoms with van der Waals surface area (Å²) in [6.07, 6.45) is 5.07. The van der Waals surface area contributed by atoms with Crippen molar-refractivity contribution < 1.29 is 0 Å². The summed E-state index contributed by atoms with van der Waals surface area (Å²) in [5, 5.41) is 0. The zero-order valence-electron chi connectivity index (χ0n) is 10.9. The van der Waals surface area contributed by atoms with Crippen LogP contribution in [-0.2, 0) is 0 Å². The Morgan fingerprint density at radius 2 is 2.07 bits per heavy atom. The highest BCUT2D eigenvalue weighted by molar-refractivity contribution is 4.91. The van der Waals surface area contributed by atoms with Crippen LogP contribution in [0.25, 0.3) is 0 Å². The van der Waals surface area contributed by atoms with Crippen LogP contribution < -0.4 is 5.73 Å². The first kappa shape index (κ1) is 13.0. The van der Waals surface area contributed by atoms with Gasteiger partial charge >= 0.3 is 0 Å². The van der Waals surface area contributed by atoms with E-state index >= 15 is 0 Å². The summed E-state index contributed by atoms with van der Waals surface area (Å²) >= 11 is 0. The van der Waals surface area contributed by atoms with Crippen molar-refractivity contribution in [2.75, 3.05) is 13.1 Å². The lowest BCUT2D eigenvalue weighted by Crippen LogP contribution is -2.56. The molecule has 0 amide bonds. The van der Waals surface area contributed by atoms with Gasteiger partial charge in [0.1, 0.15) is 0 Å². The van der Waals surface area contributed by atoms with Gasteiger partial charge in [-0.2, -0.15) is 0 Å². The van der Waals surface area contributed by atoms with Gasteiger partial charge < -0.3 is 5.73 Å². The van der Waals surface area contributed by atoms with E-state index in [4.69, 9.17) is 5.73 Å². The molecule has 1 heterocycles. The van der Waals surface area contributed by atoms with E-state index in [1.807, 2.05) is 0 Å². The van der Waals surface area contributed by atoms with Gasteiger partial charge in [-0.15, -0.1) is 0 Å². The zero-order valence-corrected chi connectivity index (χ0v) is 10.9. The Labute approximate surface area is 95.2 Å². The minimum Gasteiger partial charge on any atom is -0.326 e. The highest BCUT2D eigenvalue weighted by Crippen LogP contribution is 2.29. The number of piperidine rings is 1. The molecule has 2 nitrogen and oxygen atoms in total. The molecule has 0 saturated carbocycles. The van der Waals surface area contributed by atoms with E-state index < -0.39 is 0 Å². The third-order valence-electron chi connectivity index (χ3n) is 4.33. The summed E-state index contributed by atoms with van der Waals surface area (Å²) in [4.78, 5) is 2.63. The van der Waals surface area contributed by atoms with E-state index in [9.17, 15) is 0 Å². The van der Waals surface area contributed by atoms with Crippen molar-refractivity contribution in [1.29, 1.82) is 0 Å². The molecule has 15 heavy (non-hydrogen) atoms. The summed E-state index contributed by atoms with van der Waals surface area (Å²) < 4.78 is 0. The van der Waals surface area contributed by atoms with Gasteiger partial charge in [0.15, 0.2) is 0 Å². The van der Waals surface area contributed by atoms with Crippen LogP contribution in [0, 0.1) is 5.92 Å². The Bertz CT molecular complexity index is 193. The van der Waals surface area contributed by atoms with Crippen LogP contribution >= 0.6 is 0 Å². The Balaban J connectivity index is 2.61. The largest absolute Gasteiger partial charge is 0.326 e. The fraction of sp³-hybridized carbons (Fsp3) is 1.00. The van der Waals surface area contributed by atoms with E-state index in [2.05, 4.69) is 32.6 Å². The average Bonchev–Trinajstić information content (AvgIpc) is 2.22. The van der Waals surface area contributed by atoms with E-state index in [0.29, 0.717) is 17.5 Å². The molecular formula is C13H28N2. The summed E-state index contributed by atoms with van der Waals surface area (Å²) in [5.74, 6) is 0.698. The lowest BCUT2D eigenvalue weighted by molar-refractivity contribution is 0.0441. The molecule has 0 aliphatic carbocycles. The second kappa shape index (κ2) is 5.31. The number of nitrogens with two attached hydrogens (primary N) is 1. The maximum absolute atomic E-state index is 6.17. The van der Waals surface area contributed by atoms with Crippen LogP contribution in [0.15, 0.2) is 0 Å². The third kappa shape index (κ3) is 2.94. The van der Waals surface area contributed by atoms with Crippen molar-refractivity contribution in [3.63, 3.8) is 0 Å². The fourth-order valence-electron chi connectivity index (χ4n) is 2.69. The maximum Gasteiger partial charge on any atom is 0.0194 e. The highest BCUT2D eigenvalue weighted by atomic mass is 15.2. The van der Waals surface area contributed by atoms with Gasteiger partial charge in [-0.3, -0.25) is 4.90 Å². The molecule has 3 atom stereocenters. The molecule has 0 aromatic carbocycles. The molecule has 0 spiro atoms. The monoisotopic (exact) mass is 212 g/mol. The molecule has 0 radical (unpaired) electrons. The van der Waals surface area contributed by atoms with Gasteiger partial charge in [-0.05, 0) is 38.6 Å². The van der Waals surface area contributed by atoms with Crippen LogP contribution in [0.1, 0.15) is 53.4 Å². The molecular weight excluding hydrogens is 184 g/mol. The van der Waals surface area contributed by atoms with E-state index in [0.717, 1.165) is 6.54 Å². The lowest BCUT2D eigenvalue weighted by Gasteiger charge is -2.46. The van der Waals surface area contributed by atoms with Gasteiger partial charge in [-0.25, -0.2) is 0 Å². The number of rotatable bonds is 4. The number of likely N-dealkylation sites (tertiary alicyclic amines) is 1. The summed E-state index contributed by atoms with van der Waals surface area (Å²) in [6.45, 7) is 11.6. The van der Waals surface area contributed by atoms with Gasteiger partial charge in [-0.1, -0.05) is 27.2 Å². The van der Waals surface area contributed by atoms with Crippen molar-refractivity contribution in [3.8, 4) is 0 Å². The van der Waals surface area contributed by atoms with Crippen LogP contribution in [-0.4, -0.2) is 29.6 Å². The second-order valence-corrected chi connectivity index (χ2v) is 5.48. The Morgan fingerprint density at radius 3 is 2.53 bits per heavy atom. The average molecular weight is 212 g/mol. The van der Waals surface area contributed by atoms with E-state index in [1.165, 1.54) is 32.2 Å². The van der Waals surface area contributed by atoms with Gasteiger partial charge in [0.2, 0.25) is 0 Å². The van der Waals surface area contributed by atoms with E-state index in [-0.39, 0.29) is 0 Å². The smallest absolute Gasteiger partial charge is 0.0194 e. The Hall–Kier alpha value is -0.0800. The number of hydrogen-bond acceptors (Lipinski definition) is 2. The molecule has 0 bridgehead atoms. The normalized spacial score (nSPS) is 32.6. The second-order valence-electron chi connectivity index (χ2n) is 5.48. The van der Waals surface area contributed by atoms with E-state index in [1.54, 1.807) is 0 Å². The number of nitrogens with zero attached hydrogens (tertiary/aromatic N) is 1. The van der Waals surface area contributed by atoms with Crippen molar-refractivity contribution in [2.24, 2.45) is 11.7 Å². The van der Waals surface area contributed by atoms with Gasteiger partial charge in [0.25, 0.3) is 0 Å². The Kier molecular flexibility index (Phi) is 4.60. The van der Waals surface area contributed by atoms with Gasteiger partial charge in [0.05, 0.1) is 0 Å². The molecule has 1 fully saturated rings. The van der Waals surface area contributed by atoms with Crippen molar-refractivity contribution in [1.82, 2.24) is 4.90 Å². The molecule has 0 aromatic rings. The lowest BCUT2D eigenvalue weighted by atomic mass is 9.85. The van der Waals surface area contributed by atoms with Crippen LogP contribution in [0.2, 0.25) is 0 Å². The molecule has 90 valence electrons. The minimum absolute atomic E-state index is 0.376. The predicted octanol–water partition coefficient (Wildman–Crippen LogP) is 2.62. The summed E-state index contributed by atoms with van der Waals surface area (Å²) in [6, 6.07) is 0.376. The number of hydrogen-bond donors (Lipinski definition) is 1. The SMILES string of the molecule is CCCC(C)(CC)N1CC[C@@H](C)[C@@H](N)C1. The van der Waals surface area contributed by atoms with Crippen molar-refractivity contribution in [2.45, 2.75) is 65.0 Å². The Morgan fingerprint density at radius 1 is 1.40 bits per heavy atom. The van der Waals surface area contributed by atoms with Crippen molar-refractivity contribution in [3.05, 3.63) is 0 Å². The molecule has 1 saturated heterocycles. The fourth-order valence-corrected chi connectivity index (χ4v) is 2.69. The molecule has 2 N–H and O–H groups in total. The topological polar surface area (TPSA) is 29.3 Å². The highest BCUT2D eigenvalue weighted by Gasteiger charge is 2.34. The molecule has 1 aliphatic rings. The molecule has 1 aliphatic heterocycles. The first-order valence-electron chi connectivity index (χ1n) is 6.54. The van der Waals surface area contributed by atoms with Crippen molar-refractivity contribution >= 4 is 0 Å². The molecule has 2 heteroatoms. The van der Waals surface area contributed by atoms with Gasteiger partial charge in [0, 0.05) is 18.1 Å². The minimum atomic E-state index is 0.376.